The van der Waals surface area contributed by atoms with Gasteiger partial charge >= 0.3 is 0 Å². The van der Waals surface area contributed by atoms with Crippen molar-refractivity contribution in [3.05, 3.63) is 5.82 Å². The minimum Gasteiger partial charge on any atom is -0.353 e. The van der Waals surface area contributed by atoms with Gasteiger partial charge in [0.1, 0.15) is 0 Å². The summed E-state index contributed by atoms with van der Waals surface area (Å²) < 4.78 is 1.48. The number of thioether (sulfide) groups is 1. The Morgan fingerprint density at radius 2 is 2.00 bits per heavy atom. The molecule has 1 heterocycles. The number of aromatic nitrogens is 3. The molecule has 1 aromatic heterocycles. The van der Waals surface area contributed by atoms with Gasteiger partial charge < -0.3 is 11.2 Å². The maximum absolute atomic E-state index is 12.0. The minimum atomic E-state index is -0.162. The summed E-state index contributed by atoms with van der Waals surface area (Å²) in [5, 5.41) is 11.9. The van der Waals surface area contributed by atoms with E-state index in [0.717, 1.165) is 18.7 Å². The third kappa shape index (κ3) is 4.36. The van der Waals surface area contributed by atoms with Gasteiger partial charge in [0, 0.05) is 11.5 Å². The van der Waals surface area contributed by atoms with Crippen LogP contribution in [0.1, 0.15) is 58.7 Å². The highest BCUT2D eigenvalue weighted by molar-refractivity contribution is 7.99. The number of nitrogens with two attached hydrogens (primary N) is 1. The van der Waals surface area contributed by atoms with E-state index < -0.39 is 0 Å². The summed E-state index contributed by atoms with van der Waals surface area (Å²) >= 11 is 1.33. The van der Waals surface area contributed by atoms with Crippen LogP contribution in [0.25, 0.3) is 0 Å². The van der Waals surface area contributed by atoms with E-state index in [1.54, 1.807) is 0 Å². The van der Waals surface area contributed by atoms with Crippen LogP contribution in [0, 0.1) is 0 Å². The van der Waals surface area contributed by atoms with Gasteiger partial charge in [-0.3, -0.25) is 4.79 Å². The molecule has 1 saturated carbocycles. The molecule has 21 heavy (non-hydrogen) atoms. The van der Waals surface area contributed by atoms with Crippen molar-refractivity contribution in [2.75, 3.05) is 11.6 Å². The van der Waals surface area contributed by atoms with E-state index in [-0.39, 0.29) is 11.3 Å². The number of hydrogen-bond acceptors (Lipinski definition) is 5. The van der Waals surface area contributed by atoms with Crippen LogP contribution >= 0.6 is 11.8 Å². The first kappa shape index (κ1) is 16.1. The van der Waals surface area contributed by atoms with Gasteiger partial charge in [0.2, 0.25) is 11.1 Å². The van der Waals surface area contributed by atoms with Crippen molar-refractivity contribution >= 4 is 17.7 Å². The van der Waals surface area contributed by atoms with E-state index in [0.29, 0.717) is 17.0 Å². The Morgan fingerprint density at radius 1 is 1.33 bits per heavy atom. The van der Waals surface area contributed by atoms with Crippen LogP contribution in [0.3, 0.4) is 0 Å². The first-order valence-electron chi connectivity index (χ1n) is 7.51. The molecule has 1 aliphatic carbocycles. The SMILES string of the molecule is CC(C)(C)c1nnc(SCC(=O)NC2CCCCC2)n1N. The fourth-order valence-corrected chi connectivity index (χ4v) is 3.20. The highest BCUT2D eigenvalue weighted by Crippen LogP contribution is 2.23. The van der Waals surface area contributed by atoms with Crippen molar-refractivity contribution in [2.45, 2.75) is 69.5 Å². The van der Waals surface area contributed by atoms with Crippen molar-refractivity contribution in [1.82, 2.24) is 20.2 Å². The number of hydrogen-bond donors (Lipinski definition) is 2. The molecular weight excluding hydrogens is 286 g/mol. The molecule has 0 radical (unpaired) electrons. The molecule has 0 saturated heterocycles. The molecule has 0 atom stereocenters. The lowest BCUT2D eigenvalue weighted by molar-refractivity contribution is -0.119. The Labute approximate surface area is 130 Å². The number of nitrogens with one attached hydrogen (secondary N) is 1. The first-order chi connectivity index (χ1) is 9.88. The van der Waals surface area contributed by atoms with Gasteiger partial charge in [-0.2, -0.15) is 0 Å². The van der Waals surface area contributed by atoms with Crippen molar-refractivity contribution in [3.63, 3.8) is 0 Å². The highest BCUT2D eigenvalue weighted by Gasteiger charge is 2.23. The molecule has 118 valence electrons. The summed E-state index contributed by atoms with van der Waals surface area (Å²) in [5.74, 6) is 7.10. The van der Waals surface area contributed by atoms with Crippen LogP contribution in [-0.4, -0.2) is 32.6 Å². The zero-order valence-electron chi connectivity index (χ0n) is 13.1. The van der Waals surface area contributed by atoms with Crippen molar-refractivity contribution < 1.29 is 4.79 Å². The third-order valence-corrected chi connectivity index (χ3v) is 4.58. The van der Waals surface area contributed by atoms with Crippen LogP contribution in [0.2, 0.25) is 0 Å². The molecule has 2 rings (SSSR count). The fourth-order valence-electron chi connectivity index (χ4n) is 2.53. The maximum atomic E-state index is 12.0. The Kier molecular flexibility index (Phi) is 5.13. The van der Waals surface area contributed by atoms with Gasteiger partial charge in [0.15, 0.2) is 5.82 Å². The molecule has 0 aliphatic heterocycles. The van der Waals surface area contributed by atoms with Crippen molar-refractivity contribution in [1.29, 1.82) is 0 Å². The maximum Gasteiger partial charge on any atom is 0.230 e. The summed E-state index contributed by atoms with van der Waals surface area (Å²) in [4.78, 5) is 12.0. The summed E-state index contributed by atoms with van der Waals surface area (Å²) in [6.07, 6.45) is 5.90. The highest BCUT2D eigenvalue weighted by atomic mass is 32.2. The first-order valence-corrected chi connectivity index (χ1v) is 8.49. The third-order valence-electron chi connectivity index (χ3n) is 3.64. The van der Waals surface area contributed by atoms with Gasteiger partial charge in [-0.1, -0.05) is 51.8 Å². The lowest BCUT2D eigenvalue weighted by Gasteiger charge is -2.22. The topological polar surface area (TPSA) is 85.8 Å². The Hall–Kier alpha value is -1.24. The van der Waals surface area contributed by atoms with Gasteiger partial charge in [-0.25, -0.2) is 4.68 Å². The van der Waals surface area contributed by atoms with Gasteiger partial charge in [0.05, 0.1) is 5.75 Å². The Balaban J connectivity index is 1.85. The number of rotatable bonds is 4. The summed E-state index contributed by atoms with van der Waals surface area (Å²) in [6.45, 7) is 6.10. The summed E-state index contributed by atoms with van der Waals surface area (Å²) in [5.41, 5.74) is -0.162. The van der Waals surface area contributed by atoms with E-state index in [9.17, 15) is 4.79 Å². The number of carbonyl (C=O) groups is 1. The lowest BCUT2D eigenvalue weighted by atomic mass is 9.95. The second-order valence-electron chi connectivity index (χ2n) is 6.62. The van der Waals surface area contributed by atoms with E-state index in [2.05, 4.69) is 15.5 Å². The minimum absolute atomic E-state index is 0.0483. The van der Waals surface area contributed by atoms with Gasteiger partial charge in [0.25, 0.3) is 0 Å². The second-order valence-corrected chi connectivity index (χ2v) is 7.56. The molecule has 0 spiro atoms. The predicted octanol–water partition coefficient (Wildman–Crippen LogP) is 1.83. The average molecular weight is 311 g/mol. The Bertz CT molecular complexity index is 488. The summed E-state index contributed by atoms with van der Waals surface area (Å²) in [7, 11) is 0. The monoisotopic (exact) mass is 311 g/mol. The molecule has 7 heteroatoms. The number of amides is 1. The van der Waals surface area contributed by atoms with E-state index in [1.165, 1.54) is 35.7 Å². The standard InChI is InChI=1S/C14H25N5OS/c1-14(2,3)12-17-18-13(19(12)15)21-9-11(20)16-10-7-5-4-6-8-10/h10H,4-9,15H2,1-3H3,(H,16,20). The molecule has 0 unspecified atom stereocenters. The number of carbonyl (C=O) groups excluding carboxylic acids is 1. The summed E-state index contributed by atoms with van der Waals surface area (Å²) in [6, 6.07) is 0.340. The smallest absolute Gasteiger partial charge is 0.230 e. The normalized spacial score (nSPS) is 16.9. The molecule has 1 aromatic rings. The molecule has 1 fully saturated rings. The molecule has 0 aromatic carbocycles. The lowest BCUT2D eigenvalue weighted by Crippen LogP contribution is -2.37. The van der Waals surface area contributed by atoms with E-state index in [4.69, 9.17) is 5.84 Å². The largest absolute Gasteiger partial charge is 0.353 e. The molecule has 1 amide bonds. The Morgan fingerprint density at radius 3 is 2.57 bits per heavy atom. The fraction of sp³-hybridized carbons (Fsp3) is 0.786. The predicted molar refractivity (Wildman–Crippen MR) is 84.6 cm³/mol. The average Bonchev–Trinajstić information content (AvgIpc) is 2.79. The van der Waals surface area contributed by atoms with E-state index >= 15 is 0 Å². The van der Waals surface area contributed by atoms with Crippen molar-refractivity contribution in [2.24, 2.45) is 0 Å². The molecule has 3 N–H and O–H groups in total. The van der Waals surface area contributed by atoms with Crippen LogP contribution in [0.5, 0.6) is 0 Å². The zero-order chi connectivity index (χ0) is 15.5. The van der Waals surface area contributed by atoms with Crippen LogP contribution in [-0.2, 0) is 10.2 Å². The van der Waals surface area contributed by atoms with Gasteiger partial charge in [-0.05, 0) is 12.8 Å². The van der Waals surface area contributed by atoms with Crippen LogP contribution in [0.4, 0.5) is 0 Å². The number of nitrogens with zero attached hydrogens (tertiary/aromatic N) is 3. The van der Waals surface area contributed by atoms with Crippen molar-refractivity contribution in [3.8, 4) is 0 Å². The van der Waals surface area contributed by atoms with Crippen LogP contribution in [0.15, 0.2) is 5.16 Å². The molecule has 1 aliphatic rings. The number of nitrogen functional groups attached to an aromatic ring is 1. The molecule has 0 bridgehead atoms. The van der Waals surface area contributed by atoms with E-state index in [1.807, 2.05) is 20.8 Å². The van der Waals surface area contributed by atoms with Crippen LogP contribution < -0.4 is 11.2 Å². The molecule has 6 nitrogen and oxygen atoms in total. The quantitative estimate of drug-likeness (QED) is 0.654. The molecular formula is C14H25N5OS. The second kappa shape index (κ2) is 6.68. The van der Waals surface area contributed by atoms with Gasteiger partial charge in [-0.15, -0.1) is 10.2 Å². The zero-order valence-corrected chi connectivity index (χ0v) is 13.9.